The van der Waals surface area contributed by atoms with E-state index in [1.165, 1.54) is 0 Å². The molecule has 4 heteroatoms. The van der Waals surface area contributed by atoms with Gasteiger partial charge >= 0.3 is 0 Å². The third-order valence-corrected chi connectivity index (χ3v) is 1.62. The molecule has 62 valence electrons. The van der Waals surface area contributed by atoms with Crippen LogP contribution in [-0.2, 0) is 4.79 Å². The molecule has 0 heterocycles. The highest BCUT2D eigenvalue weighted by molar-refractivity contribution is 5.76. The maximum absolute atomic E-state index is 10.2. The van der Waals surface area contributed by atoms with Crippen molar-refractivity contribution in [1.82, 2.24) is 0 Å². The summed E-state index contributed by atoms with van der Waals surface area (Å²) in [5, 5.41) is 5.28. The van der Waals surface area contributed by atoms with Gasteiger partial charge in [-0.15, -0.1) is 4.91 Å². The molecule has 0 unspecified atom stereocenters. The molecule has 1 N–H and O–H groups in total. The minimum absolute atomic E-state index is 0.349. The number of nitrogens with one attached hydrogen (secondary N) is 1. The molecule has 0 saturated carbocycles. The fourth-order valence-electron chi connectivity index (χ4n) is 0.942. The number of nitroso groups, excluding NO2 is 1. The van der Waals surface area contributed by atoms with Crippen LogP contribution in [0.5, 0.6) is 0 Å². The largest absolute Gasteiger partial charge is 0.328 e. The number of carbonyl (C=O) groups is 1. The summed E-state index contributed by atoms with van der Waals surface area (Å²) in [5.41, 5.74) is 1.64. The maximum Gasteiger partial charge on any atom is 0.211 e. The molecule has 0 atom stereocenters. The molecule has 4 nitrogen and oxygen atoms in total. The zero-order valence-electron chi connectivity index (χ0n) is 6.57. The molecule has 0 radical (unpaired) electrons. The van der Waals surface area contributed by atoms with E-state index in [4.69, 9.17) is 0 Å². The van der Waals surface area contributed by atoms with Crippen molar-refractivity contribution in [2.75, 3.05) is 5.32 Å². The SMILES string of the molecule is Cc1c(N=O)cccc1NC=O. The molecule has 0 aromatic heterocycles. The molecule has 0 aliphatic rings. The van der Waals surface area contributed by atoms with Gasteiger partial charge in [0, 0.05) is 11.3 Å². The van der Waals surface area contributed by atoms with Crippen LogP contribution in [0.3, 0.4) is 0 Å². The van der Waals surface area contributed by atoms with Gasteiger partial charge in [-0.3, -0.25) is 4.79 Å². The van der Waals surface area contributed by atoms with Crippen molar-refractivity contribution in [3.8, 4) is 0 Å². The molecule has 0 spiro atoms. The Kier molecular flexibility index (Phi) is 2.53. The average molecular weight is 164 g/mol. The molecular formula is C8H8N2O2. The van der Waals surface area contributed by atoms with Crippen LogP contribution in [0.1, 0.15) is 5.56 Å². The van der Waals surface area contributed by atoms with E-state index in [1.54, 1.807) is 25.1 Å². The summed E-state index contributed by atoms with van der Waals surface area (Å²) in [7, 11) is 0. The van der Waals surface area contributed by atoms with Gasteiger partial charge < -0.3 is 5.32 Å². The lowest BCUT2D eigenvalue weighted by atomic mass is 10.1. The first-order valence-electron chi connectivity index (χ1n) is 3.42. The second-order valence-electron chi connectivity index (χ2n) is 2.30. The van der Waals surface area contributed by atoms with E-state index in [2.05, 4.69) is 10.5 Å². The monoisotopic (exact) mass is 164 g/mol. The van der Waals surface area contributed by atoms with Crippen LogP contribution >= 0.6 is 0 Å². The Labute approximate surface area is 69.6 Å². The number of benzene rings is 1. The smallest absolute Gasteiger partial charge is 0.211 e. The van der Waals surface area contributed by atoms with Crippen molar-refractivity contribution in [2.24, 2.45) is 5.18 Å². The molecule has 1 rings (SSSR count). The van der Waals surface area contributed by atoms with Crippen molar-refractivity contribution in [3.63, 3.8) is 0 Å². The number of rotatable bonds is 3. The summed E-state index contributed by atoms with van der Waals surface area (Å²) in [6.45, 7) is 1.72. The topological polar surface area (TPSA) is 58.5 Å². The van der Waals surface area contributed by atoms with Crippen LogP contribution in [-0.4, -0.2) is 6.41 Å². The van der Waals surface area contributed by atoms with Crippen molar-refractivity contribution < 1.29 is 4.79 Å². The first-order chi connectivity index (χ1) is 5.79. The van der Waals surface area contributed by atoms with Crippen LogP contribution in [0.2, 0.25) is 0 Å². The van der Waals surface area contributed by atoms with Crippen molar-refractivity contribution >= 4 is 17.8 Å². The number of nitrogens with zero attached hydrogens (tertiary/aromatic N) is 1. The highest BCUT2D eigenvalue weighted by Crippen LogP contribution is 2.24. The van der Waals surface area contributed by atoms with Gasteiger partial charge in [0.2, 0.25) is 6.41 Å². The minimum atomic E-state index is 0.349. The predicted molar refractivity (Wildman–Crippen MR) is 46.3 cm³/mol. The second kappa shape index (κ2) is 3.61. The highest BCUT2D eigenvalue weighted by Gasteiger charge is 2.01. The first kappa shape index (κ1) is 8.39. The molecule has 0 saturated heterocycles. The molecule has 0 fully saturated rings. The molecule has 12 heavy (non-hydrogen) atoms. The summed E-state index contributed by atoms with van der Waals surface area (Å²) in [6.07, 6.45) is 0.566. The van der Waals surface area contributed by atoms with Crippen LogP contribution in [0.15, 0.2) is 23.4 Å². The van der Waals surface area contributed by atoms with Crippen molar-refractivity contribution in [3.05, 3.63) is 28.7 Å². The zero-order chi connectivity index (χ0) is 8.97. The first-order valence-corrected chi connectivity index (χ1v) is 3.42. The molecule has 1 aromatic rings. The van der Waals surface area contributed by atoms with E-state index < -0.39 is 0 Å². The molecule has 1 aromatic carbocycles. The Morgan fingerprint density at radius 3 is 2.83 bits per heavy atom. The third-order valence-electron chi connectivity index (χ3n) is 1.62. The number of carbonyl (C=O) groups excluding carboxylic acids is 1. The molecule has 0 bridgehead atoms. The normalized spacial score (nSPS) is 9.08. The summed E-state index contributed by atoms with van der Waals surface area (Å²) < 4.78 is 0. The fourth-order valence-corrected chi connectivity index (χ4v) is 0.942. The Morgan fingerprint density at radius 1 is 1.50 bits per heavy atom. The number of amides is 1. The lowest BCUT2D eigenvalue weighted by Crippen LogP contribution is -1.95. The van der Waals surface area contributed by atoms with Gasteiger partial charge in [-0.1, -0.05) is 6.07 Å². The Morgan fingerprint density at radius 2 is 2.25 bits per heavy atom. The maximum atomic E-state index is 10.2. The second-order valence-corrected chi connectivity index (χ2v) is 2.30. The molecular weight excluding hydrogens is 156 g/mol. The summed E-state index contributed by atoms with van der Waals surface area (Å²) >= 11 is 0. The van der Waals surface area contributed by atoms with E-state index in [0.29, 0.717) is 23.3 Å². The molecule has 0 aliphatic carbocycles. The minimum Gasteiger partial charge on any atom is -0.328 e. The van der Waals surface area contributed by atoms with Crippen LogP contribution < -0.4 is 5.32 Å². The standard InChI is InChI=1S/C8H8N2O2/c1-6-7(9-5-11)3-2-4-8(6)10-12/h2-5H,1H3,(H,9,11). The zero-order valence-corrected chi connectivity index (χ0v) is 6.57. The van der Waals surface area contributed by atoms with Crippen LogP contribution in [0.25, 0.3) is 0 Å². The Hall–Kier alpha value is -1.71. The van der Waals surface area contributed by atoms with Crippen LogP contribution in [0.4, 0.5) is 11.4 Å². The Balaban J connectivity index is 3.12. The average Bonchev–Trinajstić information content (AvgIpc) is 2.09. The van der Waals surface area contributed by atoms with E-state index in [1.807, 2.05) is 0 Å². The van der Waals surface area contributed by atoms with Crippen LogP contribution in [0, 0.1) is 11.8 Å². The van der Waals surface area contributed by atoms with E-state index in [0.717, 1.165) is 0 Å². The number of hydrogen-bond acceptors (Lipinski definition) is 3. The van der Waals surface area contributed by atoms with E-state index >= 15 is 0 Å². The van der Waals surface area contributed by atoms with E-state index in [-0.39, 0.29) is 0 Å². The lowest BCUT2D eigenvalue weighted by Gasteiger charge is -2.03. The van der Waals surface area contributed by atoms with E-state index in [9.17, 15) is 9.70 Å². The summed E-state index contributed by atoms with van der Waals surface area (Å²) in [6, 6.07) is 4.96. The Bertz CT molecular complexity index is 310. The fraction of sp³-hybridized carbons (Fsp3) is 0.125. The van der Waals surface area contributed by atoms with Gasteiger partial charge in [-0.05, 0) is 24.2 Å². The van der Waals surface area contributed by atoms with Crippen molar-refractivity contribution in [2.45, 2.75) is 6.92 Å². The van der Waals surface area contributed by atoms with Gasteiger partial charge in [0.25, 0.3) is 0 Å². The highest BCUT2D eigenvalue weighted by atomic mass is 16.3. The predicted octanol–water partition coefficient (Wildman–Crippen LogP) is 1.96. The van der Waals surface area contributed by atoms with Gasteiger partial charge in [0.1, 0.15) is 5.69 Å². The lowest BCUT2D eigenvalue weighted by molar-refractivity contribution is -0.105. The summed E-state index contributed by atoms with van der Waals surface area (Å²) in [5.74, 6) is 0. The number of hydrogen-bond donors (Lipinski definition) is 1. The van der Waals surface area contributed by atoms with Gasteiger partial charge in [0.15, 0.2) is 0 Å². The molecule has 1 amide bonds. The van der Waals surface area contributed by atoms with Gasteiger partial charge in [-0.25, -0.2) is 0 Å². The van der Waals surface area contributed by atoms with Gasteiger partial charge in [-0.2, -0.15) is 0 Å². The number of anilines is 1. The quantitative estimate of drug-likeness (QED) is 0.548. The summed E-state index contributed by atoms with van der Waals surface area (Å²) in [4.78, 5) is 20.3. The van der Waals surface area contributed by atoms with Crippen molar-refractivity contribution in [1.29, 1.82) is 0 Å². The third kappa shape index (κ3) is 1.47. The molecule has 0 aliphatic heterocycles. The van der Waals surface area contributed by atoms with Gasteiger partial charge in [0.05, 0.1) is 0 Å².